The van der Waals surface area contributed by atoms with E-state index in [9.17, 15) is 9.59 Å². The minimum absolute atomic E-state index is 0.134. The Morgan fingerprint density at radius 1 is 1.38 bits per heavy atom. The Hall–Kier alpha value is -2.83. The first kappa shape index (κ1) is 16.0. The summed E-state index contributed by atoms with van der Waals surface area (Å²) in [7, 11) is 0. The molecule has 1 aliphatic heterocycles. The predicted octanol–water partition coefficient (Wildman–Crippen LogP) is 2.05. The van der Waals surface area contributed by atoms with Gasteiger partial charge in [0.15, 0.2) is 0 Å². The summed E-state index contributed by atoms with van der Waals surface area (Å²) in [5, 5.41) is 12.8. The largest absolute Gasteiger partial charge is 0.345 e. The van der Waals surface area contributed by atoms with Crippen molar-refractivity contribution < 1.29 is 9.59 Å². The number of nitrogens with zero attached hydrogens (tertiary/aromatic N) is 2. The van der Waals surface area contributed by atoms with Crippen molar-refractivity contribution in [2.75, 3.05) is 18.0 Å². The van der Waals surface area contributed by atoms with Crippen molar-refractivity contribution in [3.05, 3.63) is 46.8 Å². The molecule has 7 heteroatoms. The number of aromatic nitrogens is 2. The molecule has 3 N–H and O–H groups in total. The molecule has 1 atom stereocenters. The zero-order valence-electron chi connectivity index (χ0n) is 14.0. The molecule has 1 fully saturated rings. The molecule has 0 spiro atoms. The highest BCUT2D eigenvalue weighted by atomic mass is 16.2. The Bertz CT molecular complexity index is 764. The van der Waals surface area contributed by atoms with E-state index in [1.165, 1.54) is 0 Å². The standard InChI is InChI=1S/C17H21N5O2/c1-10(15-11(2)20-21-12(15)3)19-16(23)13-5-4-6-14(9-13)22-8-7-18-17(22)24/h4-6,9-10H,7-8H2,1-3H3,(H,18,24)(H,19,23)(H,20,21)/t10-/m0/s1. The van der Waals surface area contributed by atoms with Crippen LogP contribution in [-0.2, 0) is 0 Å². The summed E-state index contributed by atoms with van der Waals surface area (Å²) in [6.45, 7) is 7.00. The van der Waals surface area contributed by atoms with Crippen molar-refractivity contribution in [1.29, 1.82) is 0 Å². The van der Waals surface area contributed by atoms with Crippen LogP contribution in [0.2, 0.25) is 0 Å². The molecule has 0 bridgehead atoms. The van der Waals surface area contributed by atoms with Gasteiger partial charge in [-0.25, -0.2) is 4.79 Å². The second-order valence-electron chi connectivity index (χ2n) is 5.98. The van der Waals surface area contributed by atoms with Gasteiger partial charge in [-0.05, 0) is 39.0 Å². The van der Waals surface area contributed by atoms with E-state index in [1.807, 2.05) is 26.8 Å². The van der Waals surface area contributed by atoms with Crippen LogP contribution >= 0.6 is 0 Å². The highest BCUT2D eigenvalue weighted by Gasteiger charge is 2.22. The topological polar surface area (TPSA) is 90.1 Å². The van der Waals surface area contributed by atoms with Gasteiger partial charge in [0.05, 0.1) is 11.7 Å². The molecular weight excluding hydrogens is 306 g/mol. The van der Waals surface area contributed by atoms with Crippen molar-refractivity contribution in [3.63, 3.8) is 0 Å². The molecule has 0 radical (unpaired) electrons. The van der Waals surface area contributed by atoms with Gasteiger partial charge in [-0.1, -0.05) is 6.07 Å². The number of rotatable bonds is 4. The molecule has 2 aromatic rings. The summed E-state index contributed by atoms with van der Waals surface area (Å²) in [5.74, 6) is -0.177. The van der Waals surface area contributed by atoms with Crippen LogP contribution in [0.25, 0.3) is 0 Å². The van der Waals surface area contributed by atoms with E-state index in [-0.39, 0.29) is 18.0 Å². The predicted molar refractivity (Wildman–Crippen MR) is 91.1 cm³/mol. The monoisotopic (exact) mass is 327 g/mol. The van der Waals surface area contributed by atoms with Crippen molar-refractivity contribution in [3.8, 4) is 0 Å². The molecule has 1 aliphatic rings. The van der Waals surface area contributed by atoms with E-state index in [4.69, 9.17) is 0 Å². The van der Waals surface area contributed by atoms with Crippen LogP contribution in [0.1, 0.15) is 40.3 Å². The molecule has 24 heavy (non-hydrogen) atoms. The molecular formula is C17H21N5O2. The second-order valence-corrected chi connectivity index (χ2v) is 5.98. The van der Waals surface area contributed by atoms with Gasteiger partial charge in [-0.3, -0.25) is 14.8 Å². The maximum Gasteiger partial charge on any atom is 0.321 e. The molecule has 0 aliphatic carbocycles. The molecule has 0 unspecified atom stereocenters. The SMILES string of the molecule is Cc1n[nH]c(C)c1[C@H](C)NC(=O)c1cccc(N2CCNC2=O)c1. The quantitative estimate of drug-likeness (QED) is 0.803. The third kappa shape index (κ3) is 2.97. The van der Waals surface area contributed by atoms with Gasteiger partial charge >= 0.3 is 6.03 Å². The fraction of sp³-hybridized carbons (Fsp3) is 0.353. The average molecular weight is 327 g/mol. The Balaban J connectivity index is 1.77. The Labute approximate surface area is 140 Å². The van der Waals surface area contributed by atoms with Gasteiger partial charge in [0.1, 0.15) is 0 Å². The number of amides is 3. The summed E-state index contributed by atoms with van der Waals surface area (Å²) in [4.78, 5) is 26.0. The lowest BCUT2D eigenvalue weighted by Gasteiger charge is -2.17. The Morgan fingerprint density at radius 2 is 2.17 bits per heavy atom. The summed E-state index contributed by atoms with van der Waals surface area (Å²) in [6, 6.07) is 6.81. The van der Waals surface area contributed by atoms with Crippen LogP contribution in [0, 0.1) is 13.8 Å². The lowest BCUT2D eigenvalue weighted by Crippen LogP contribution is -2.29. The van der Waals surface area contributed by atoms with Crippen molar-refractivity contribution in [2.24, 2.45) is 0 Å². The van der Waals surface area contributed by atoms with E-state index in [0.717, 1.165) is 22.6 Å². The van der Waals surface area contributed by atoms with Gasteiger partial charge < -0.3 is 10.6 Å². The zero-order chi connectivity index (χ0) is 17.3. The molecule has 1 aromatic heterocycles. The maximum absolute atomic E-state index is 12.6. The first-order chi connectivity index (χ1) is 11.5. The van der Waals surface area contributed by atoms with Gasteiger partial charge in [0.25, 0.3) is 5.91 Å². The maximum atomic E-state index is 12.6. The van der Waals surface area contributed by atoms with Crippen LogP contribution in [0.3, 0.4) is 0 Å². The highest BCUT2D eigenvalue weighted by molar-refractivity contribution is 5.98. The van der Waals surface area contributed by atoms with Crippen LogP contribution in [0.4, 0.5) is 10.5 Å². The molecule has 1 aromatic carbocycles. The second kappa shape index (κ2) is 6.35. The minimum atomic E-state index is -0.177. The van der Waals surface area contributed by atoms with Gasteiger partial charge in [0, 0.05) is 35.6 Å². The van der Waals surface area contributed by atoms with E-state index < -0.39 is 0 Å². The number of hydrogen-bond acceptors (Lipinski definition) is 3. The minimum Gasteiger partial charge on any atom is -0.345 e. The third-order valence-electron chi connectivity index (χ3n) is 4.24. The Kier molecular flexibility index (Phi) is 4.24. The number of anilines is 1. The van der Waals surface area contributed by atoms with Crippen molar-refractivity contribution in [1.82, 2.24) is 20.8 Å². The number of urea groups is 1. The van der Waals surface area contributed by atoms with Crippen LogP contribution in [0.15, 0.2) is 24.3 Å². The molecule has 3 rings (SSSR count). The Morgan fingerprint density at radius 3 is 2.79 bits per heavy atom. The number of nitrogens with one attached hydrogen (secondary N) is 3. The van der Waals surface area contributed by atoms with Crippen molar-refractivity contribution in [2.45, 2.75) is 26.8 Å². The summed E-state index contributed by atoms with van der Waals surface area (Å²) < 4.78 is 0. The molecule has 2 heterocycles. The zero-order valence-corrected chi connectivity index (χ0v) is 14.0. The molecule has 126 valence electrons. The fourth-order valence-corrected chi connectivity index (χ4v) is 3.08. The van der Waals surface area contributed by atoms with Gasteiger partial charge in [-0.15, -0.1) is 0 Å². The summed E-state index contributed by atoms with van der Waals surface area (Å²) >= 11 is 0. The number of benzene rings is 1. The lowest BCUT2D eigenvalue weighted by atomic mass is 10.1. The van der Waals surface area contributed by atoms with Gasteiger partial charge in [0.2, 0.25) is 0 Å². The lowest BCUT2D eigenvalue weighted by molar-refractivity contribution is 0.0939. The molecule has 7 nitrogen and oxygen atoms in total. The van der Waals surface area contributed by atoms with Crippen LogP contribution < -0.4 is 15.5 Å². The normalized spacial score (nSPS) is 15.3. The molecule has 0 saturated carbocycles. The van der Waals surface area contributed by atoms with E-state index in [2.05, 4.69) is 20.8 Å². The van der Waals surface area contributed by atoms with Crippen LogP contribution in [0.5, 0.6) is 0 Å². The number of carbonyl (C=O) groups excluding carboxylic acids is 2. The van der Waals surface area contributed by atoms with Gasteiger partial charge in [-0.2, -0.15) is 5.10 Å². The third-order valence-corrected chi connectivity index (χ3v) is 4.24. The van der Waals surface area contributed by atoms with E-state index in [0.29, 0.717) is 18.7 Å². The number of aryl methyl sites for hydroxylation is 2. The number of aromatic amines is 1. The van der Waals surface area contributed by atoms with Crippen LogP contribution in [-0.4, -0.2) is 35.2 Å². The van der Waals surface area contributed by atoms with E-state index in [1.54, 1.807) is 23.1 Å². The first-order valence-corrected chi connectivity index (χ1v) is 7.95. The summed E-state index contributed by atoms with van der Waals surface area (Å²) in [5.41, 5.74) is 4.07. The first-order valence-electron chi connectivity index (χ1n) is 7.95. The number of carbonyl (C=O) groups is 2. The van der Waals surface area contributed by atoms with E-state index >= 15 is 0 Å². The highest BCUT2D eigenvalue weighted by Crippen LogP contribution is 2.21. The average Bonchev–Trinajstić information content (AvgIpc) is 3.13. The number of H-pyrrole nitrogens is 1. The fourth-order valence-electron chi connectivity index (χ4n) is 3.08. The number of hydrogen-bond donors (Lipinski definition) is 3. The molecule has 3 amide bonds. The smallest absolute Gasteiger partial charge is 0.321 e. The van der Waals surface area contributed by atoms with Crippen molar-refractivity contribution >= 4 is 17.6 Å². The summed E-state index contributed by atoms with van der Waals surface area (Å²) in [6.07, 6.45) is 0. The molecule has 1 saturated heterocycles.